The summed E-state index contributed by atoms with van der Waals surface area (Å²) in [7, 11) is -3.60. The molecule has 0 aliphatic rings. The molecule has 0 saturated heterocycles. The van der Waals surface area contributed by atoms with Crippen LogP contribution in [-0.2, 0) is 23.1 Å². The number of nitrogens with one attached hydrogen (secondary N) is 4. The molecular weight excluding hydrogens is 268 g/mol. The van der Waals surface area contributed by atoms with E-state index in [0.717, 1.165) is 12.1 Å². The molecule has 0 aliphatic carbocycles. The van der Waals surface area contributed by atoms with Crippen LogP contribution in [0.2, 0.25) is 0 Å². The lowest BCUT2D eigenvalue weighted by Gasteiger charge is -2.06. The number of hydrogen-bond donors (Lipinski definition) is 4. The van der Waals surface area contributed by atoms with Gasteiger partial charge in [-0.05, 0) is 6.54 Å². The monoisotopic (exact) mass is 284 g/mol. The van der Waals surface area contributed by atoms with Gasteiger partial charge in [0.25, 0.3) is 10.0 Å². The van der Waals surface area contributed by atoms with Crippen LogP contribution in [0.3, 0.4) is 0 Å². The number of rotatable bonds is 7. The van der Waals surface area contributed by atoms with Crippen LogP contribution in [0.25, 0.3) is 0 Å². The largest absolute Gasteiger partial charge is 0.313 e. The number of aromatic amines is 2. The molecule has 0 unspecified atom stereocenters. The second-order valence-corrected chi connectivity index (χ2v) is 5.64. The van der Waals surface area contributed by atoms with Crippen molar-refractivity contribution in [1.29, 1.82) is 0 Å². The van der Waals surface area contributed by atoms with Gasteiger partial charge in [0.2, 0.25) is 0 Å². The van der Waals surface area contributed by atoms with Crippen molar-refractivity contribution in [3.05, 3.63) is 29.7 Å². The second kappa shape index (κ2) is 5.95. The first-order valence-electron chi connectivity index (χ1n) is 5.83. The van der Waals surface area contributed by atoms with Crippen molar-refractivity contribution in [1.82, 2.24) is 30.4 Å². The summed E-state index contributed by atoms with van der Waals surface area (Å²) >= 11 is 0. The normalized spacial score (nSPS) is 11.8. The van der Waals surface area contributed by atoms with Gasteiger partial charge in [-0.2, -0.15) is 10.2 Å². The molecule has 19 heavy (non-hydrogen) atoms. The fourth-order valence-electron chi connectivity index (χ4n) is 1.54. The van der Waals surface area contributed by atoms with E-state index in [9.17, 15) is 8.42 Å². The summed E-state index contributed by atoms with van der Waals surface area (Å²) in [6, 6.07) is 0. The van der Waals surface area contributed by atoms with Crippen molar-refractivity contribution >= 4 is 10.0 Å². The minimum atomic E-state index is -3.60. The fraction of sp³-hybridized carbons (Fsp3) is 0.400. The van der Waals surface area contributed by atoms with E-state index in [4.69, 9.17) is 0 Å². The van der Waals surface area contributed by atoms with Crippen molar-refractivity contribution in [2.75, 3.05) is 6.54 Å². The molecule has 0 atom stereocenters. The first-order chi connectivity index (χ1) is 9.13. The van der Waals surface area contributed by atoms with Crippen LogP contribution in [0.15, 0.2) is 23.6 Å². The summed E-state index contributed by atoms with van der Waals surface area (Å²) in [5, 5.41) is 15.8. The smallest absolute Gasteiger partial charge is 0.258 e. The molecule has 9 heteroatoms. The number of aromatic nitrogens is 4. The molecule has 2 aromatic heterocycles. The molecule has 8 nitrogen and oxygen atoms in total. The van der Waals surface area contributed by atoms with Crippen LogP contribution < -0.4 is 10.0 Å². The SMILES string of the molecule is CCNCc1cn[nH]c1S(=O)(=O)NCc1cn[nH]c1. The third-order valence-corrected chi connectivity index (χ3v) is 3.95. The van der Waals surface area contributed by atoms with Gasteiger partial charge in [-0.15, -0.1) is 0 Å². The molecule has 2 heterocycles. The van der Waals surface area contributed by atoms with E-state index in [1.54, 1.807) is 12.4 Å². The lowest BCUT2D eigenvalue weighted by atomic mass is 10.3. The van der Waals surface area contributed by atoms with Gasteiger partial charge in [0.15, 0.2) is 5.03 Å². The lowest BCUT2D eigenvalue weighted by molar-refractivity contribution is 0.574. The van der Waals surface area contributed by atoms with Gasteiger partial charge in [0.1, 0.15) is 0 Å². The zero-order chi connectivity index (χ0) is 13.7. The molecule has 0 saturated carbocycles. The molecule has 0 spiro atoms. The van der Waals surface area contributed by atoms with Crippen LogP contribution in [0.1, 0.15) is 18.1 Å². The summed E-state index contributed by atoms with van der Waals surface area (Å²) < 4.78 is 26.8. The third-order valence-electron chi connectivity index (χ3n) is 2.53. The van der Waals surface area contributed by atoms with E-state index in [-0.39, 0.29) is 11.6 Å². The number of H-pyrrole nitrogens is 2. The second-order valence-electron chi connectivity index (χ2n) is 3.94. The Morgan fingerprint density at radius 2 is 2.11 bits per heavy atom. The predicted octanol–water partition coefficient (Wildman–Crippen LogP) is -0.279. The van der Waals surface area contributed by atoms with E-state index in [0.29, 0.717) is 12.1 Å². The Morgan fingerprint density at radius 3 is 2.79 bits per heavy atom. The molecule has 4 N–H and O–H groups in total. The summed E-state index contributed by atoms with van der Waals surface area (Å²) in [5.41, 5.74) is 1.37. The highest BCUT2D eigenvalue weighted by molar-refractivity contribution is 7.89. The van der Waals surface area contributed by atoms with Crippen LogP contribution in [0.4, 0.5) is 0 Å². The highest BCUT2D eigenvalue weighted by Crippen LogP contribution is 2.12. The molecular formula is C10H16N6O2S. The van der Waals surface area contributed by atoms with E-state index < -0.39 is 10.0 Å². The molecule has 0 aliphatic heterocycles. The van der Waals surface area contributed by atoms with Crippen LogP contribution in [0.5, 0.6) is 0 Å². The maximum Gasteiger partial charge on any atom is 0.258 e. The fourth-order valence-corrected chi connectivity index (χ4v) is 2.69. The molecule has 0 aromatic carbocycles. The molecule has 0 amide bonds. The van der Waals surface area contributed by atoms with E-state index in [1.807, 2.05) is 6.92 Å². The first-order valence-corrected chi connectivity index (χ1v) is 7.32. The Hall–Kier alpha value is -1.71. The van der Waals surface area contributed by atoms with Gasteiger partial charge in [0, 0.05) is 30.4 Å². The van der Waals surface area contributed by atoms with E-state index in [2.05, 4.69) is 30.4 Å². The topological polar surface area (TPSA) is 116 Å². The van der Waals surface area contributed by atoms with Gasteiger partial charge in [0.05, 0.1) is 12.4 Å². The first kappa shape index (κ1) is 13.7. The third kappa shape index (κ3) is 3.40. The quantitative estimate of drug-likeness (QED) is 0.558. The Balaban J connectivity index is 2.08. The average molecular weight is 284 g/mol. The number of nitrogens with zero attached hydrogens (tertiary/aromatic N) is 2. The molecule has 104 valence electrons. The summed E-state index contributed by atoms with van der Waals surface area (Å²) in [5.74, 6) is 0. The highest BCUT2D eigenvalue weighted by Gasteiger charge is 2.20. The Morgan fingerprint density at radius 1 is 1.26 bits per heavy atom. The number of hydrogen-bond acceptors (Lipinski definition) is 5. The Labute approximate surface area is 111 Å². The Kier molecular flexibility index (Phi) is 4.30. The van der Waals surface area contributed by atoms with E-state index in [1.165, 1.54) is 6.20 Å². The van der Waals surface area contributed by atoms with Crippen LogP contribution in [-0.4, -0.2) is 35.4 Å². The molecule has 2 rings (SSSR count). The summed E-state index contributed by atoms with van der Waals surface area (Å²) in [4.78, 5) is 0. The molecule has 0 radical (unpaired) electrons. The maximum absolute atomic E-state index is 12.1. The minimum Gasteiger partial charge on any atom is -0.313 e. The van der Waals surface area contributed by atoms with Crippen molar-refractivity contribution in [3.8, 4) is 0 Å². The van der Waals surface area contributed by atoms with Gasteiger partial charge in [-0.1, -0.05) is 6.92 Å². The van der Waals surface area contributed by atoms with Gasteiger partial charge >= 0.3 is 0 Å². The molecule has 2 aromatic rings. The average Bonchev–Trinajstić information content (AvgIpc) is 3.05. The lowest BCUT2D eigenvalue weighted by Crippen LogP contribution is -2.25. The molecule has 0 fully saturated rings. The van der Waals surface area contributed by atoms with Crippen LogP contribution in [0, 0.1) is 0 Å². The van der Waals surface area contributed by atoms with Gasteiger partial charge in [-0.3, -0.25) is 10.2 Å². The number of sulfonamides is 1. The maximum atomic E-state index is 12.1. The van der Waals surface area contributed by atoms with Crippen molar-refractivity contribution in [3.63, 3.8) is 0 Å². The molecule has 0 bridgehead atoms. The predicted molar refractivity (Wildman–Crippen MR) is 68.6 cm³/mol. The Bertz CT molecular complexity index is 604. The zero-order valence-electron chi connectivity index (χ0n) is 10.5. The van der Waals surface area contributed by atoms with Crippen molar-refractivity contribution in [2.24, 2.45) is 0 Å². The van der Waals surface area contributed by atoms with E-state index >= 15 is 0 Å². The zero-order valence-corrected chi connectivity index (χ0v) is 11.3. The summed E-state index contributed by atoms with van der Waals surface area (Å²) in [6.45, 7) is 3.34. The van der Waals surface area contributed by atoms with Crippen molar-refractivity contribution in [2.45, 2.75) is 25.0 Å². The van der Waals surface area contributed by atoms with Crippen LogP contribution >= 0.6 is 0 Å². The summed E-state index contributed by atoms with van der Waals surface area (Å²) in [6.07, 6.45) is 4.71. The van der Waals surface area contributed by atoms with Gasteiger partial charge in [-0.25, -0.2) is 13.1 Å². The van der Waals surface area contributed by atoms with Gasteiger partial charge < -0.3 is 5.32 Å². The van der Waals surface area contributed by atoms with Crippen molar-refractivity contribution < 1.29 is 8.42 Å². The highest BCUT2D eigenvalue weighted by atomic mass is 32.2. The minimum absolute atomic E-state index is 0.0944. The standard InChI is InChI=1S/C10H16N6O2S/c1-2-11-6-9-7-14-16-10(9)19(17,18)15-5-8-3-12-13-4-8/h3-4,7,11,15H,2,5-6H2,1H3,(H,12,13)(H,14,16).